The van der Waals surface area contributed by atoms with Crippen molar-refractivity contribution in [1.29, 1.82) is 0 Å². The van der Waals surface area contributed by atoms with E-state index >= 15 is 0 Å². The van der Waals surface area contributed by atoms with Gasteiger partial charge >= 0.3 is 0 Å². The van der Waals surface area contributed by atoms with E-state index in [9.17, 15) is 0 Å². The molecule has 0 saturated heterocycles. The first-order chi connectivity index (χ1) is 13.9. The van der Waals surface area contributed by atoms with Gasteiger partial charge in [-0.15, -0.1) is 0 Å². The Morgan fingerprint density at radius 1 is 0.429 bits per heavy atom. The lowest BCUT2D eigenvalue weighted by Crippen LogP contribution is -1.97. The maximum Gasteiger partial charge on any atom is 0.0207 e. The van der Waals surface area contributed by atoms with E-state index in [0.29, 0.717) is 0 Å². The van der Waals surface area contributed by atoms with Gasteiger partial charge in [0.1, 0.15) is 0 Å². The van der Waals surface area contributed by atoms with Gasteiger partial charge in [0, 0.05) is 30.4 Å². The van der Waals surface area contributed by atoms with Crippen molar-refractivity contribution in [3.63, 3.8) is 0 Å². The second-order valence-corrected chi connectivity index (χ2v) is 9.18. The van der Waals surface area contributed by atoms with Crippen molar-refractivity contribution in [3.05, 3.63) is 107 Å². The molecule has 0 atom stereocenters. The third-order valence-corrected chi connectivity index (χ3v) is 7.55. The summed E-state index contributed by atoms with van der Waals surface area (Å²) >= 11 is 3.77. The molecule has 132 valence electrons. The SMILES string of the molecule is C1=C(c2ccccc2)Sc2ccc3c4c(ccc1c24)SC(c1ccccc1)=C3. The van der Waals surface area contributed by atoms with Crippen LogP contribution in [0, 0.1) is 0 Å². The van der Waals surface area contributed by atoms with Crippen LogP contribution >= 0.6 is 23.5 Å². The van der Waals surface area contributed by atoms with Crippen molar-refractivity contribution < 1.29 is 0 Å². The van der Waals surface area contributed by atoms with Crippen LogP contribution in [0.1, 0.15) is 22.3 Å². The van der Waals surface area contributed by atoms with Gasteiger partial charge in [-0.1, -0.05) is 96.3 Å². The molecule has 0 N–H and O–H groups in total. The number of hydrogen-bond acceptors (Lipinski definition) is 2. The molecule has 4 aromatic carbocycles. The molecule has 2 aliphatic rings. The highest BCUT2D eigenvalue weighted by Crippen LogP contribution is 2.51. The smallest absolute Gasteiger partial charge is 0.0207 e. The van der Waals surface area contributed by atoms with E-state index < -0.39 is 0 Å². The Kier molecular flexibility index (Phi) is 3.75. The molecule has 4 aromatic rings. The Morgan fingerprint density at radius 3 is 1.29 bits per heavy atom. The summed E-state index contributed by atoms with van der Waals surface area (Å²) in [5.41, 5.74) is 5.22. The van der Waals surface area contributed by atoms with Gasteiger partial charge in [0.15, 0.2) is 0 Å². The molecule has 0 aliphatic carbocycles. The van der Waals surface area contributed by atoms with E-state index in [4.69, 9.17) is 0 Å². The maximum atomic E-state index is 2.34. The van der Waals surface area contributed by atoms with Crippen LogP contribution in [-0.4, -0.2) is 0 Å². The Labute approximate surface area is 173 Å². The summed E-state index contributed by atoms with van der Waals surface area (Å²) in [5, 5.41) is 2.80. The third kappa shape index (κ3) is 2.56. The Morgan fingerprint density at radius 2 is 0.857 bits per heavy atom. The Balaban J connectivity index is 1.54. The van der Waals surface area contributed by atoms with E-state index in [1.54, 1.807) is 0 Å². The molecule has 0 amide bonds. The molecule has 0 radical (unpaired) electrons. The lowest BCUT2D eigenvalue weighted by molar-refractivity contribution is 1.45. The third-order valence-electron chi connectivity index (χ3n) is 5.28. The van der Waals surface area contributed by atoms with E-state index in [2.05, 4.69) is 97.1 Å². The van der Waals surface area contributed by atoms with Gasteiger partial charge in [0.25, 0.3) is 0 Å². The van der Waals surface area contributed by atoms with Gasteiger partial charge in [-0.3, -0.25) is 0 Å². The zero-order chi connectivity index (χ0) is 18.5. The number of benzene rings is 4. The summed E-state index contributed by atoms with van der Waals surface area (Å²) in [5.74, 6) is 0. The summed E-state index contributed by atoms with van der Waals surface area (Å²) in [4.78, 5) is 5.35. The summed E-state index contributed by atoms with van der Waals surface area (Å²) in [6.45, 7) is 0. The minimum atomic E-state index is 1.28. The molecule has 28 heavy (non-hydrogen) atoms. The second-order valence-electron chi connectivity index (χ2n) is 7.01. The van der Waals surface area contributed by atoms with Gasteiger partial charge < -0.3 is 0 Å². The minimum Gasteiger partial charge on any atom is -0.0888 e. The highest BCUT2D eigenvalue weighted by molar-refractivity contribution is 8.09. The van der Waals surface area contributed by atoms with Crippen molar-refractivity contribution in [2.45, 2.75) is 9.79 Å². The van der Waals surface area contributed by atoms with Crippen LogP contribution in [0.4, 0.5) is 0 Å². The van der Waals surface area contributed by atoms with E-state index in [1.807, 2.05) is 23.5 Å². The standard InChI is InChI=1S/C26H16S2/c1-3-7-17(8-4-1)23-15-19-11-14-22-26-20(12-13-21(27-23)25(19)26)16-24(28-22)18-9-5-2-6-10-18/h1-16H. The van der Waals surface area contributed by atoms with Gasteiger partial charge in [-0.2, -0.15) is 0 Å². The van der Waals surface area contributed by atoms with Crippen LogP contribution in [0.25, 0.3) is 32.7 Å². The molecule has 0 spiro atoms. The molecule has 6 rings (SSSR count). The lowest BCUT2D eigenvalue weighted by Gasteiger charge is -2.23. The molecule has 0 saturated carbocycles. The first-order valence-corrected chi connectivity index (χ1v) is 11.0. The largest absolute Gasteiger partial charge is 0.0888 e. The van der Waals surface area contributed by atoms with E-state index in [1.165, 1.54) is 52.6 Å². The minimum absolute atomic E-state index is 1.28. The van der Waals surface area contributed by atoms with Gasteiger partial charge in [-0.25, -0.2) is 0 Å². The fourth-order valence-corrected chi connectivity index (χ4v) is 6.23. The average Bonchev–Trinajstić information content (AvgIpc) is 2.78. The van der Waals surface area contributed by atoms with Gasteiger partial charge in [0.05, 0.1) is 0 Å². The van der Waals surface area contributed by atoms with Gasteiger partial charge in [-0.05, 0) is 46.5 Å². The molecule has 0 nitrogen and oxygen atoms in total. The van der Waals surface area contributed by atoms with Crippen LogP contribution in [0.5, 0.6) is 0 Å². The molecular weight excluding hydrogens is 376 g/mol. The highest BCUT2D eigenvalue weighted by atomic mass is 32.2. The predicted octanol–water partition coefficient (Wildman–Crippen LogP) is 8.05. The van der Waals surface area contributed by atoms with Crippen molar-refractivity contribution >= 4 is 56.3 Å². The quantitative estimate of drug-likeness (QED) is 0.338. The summed E-state index contributed by atoms with van der Waals surface area (Å²) in [6, 6.07) is 30.5. The monoisotopic (exact) mass is 392 g/mol. The highest BCUT2D eigenvalue weighted by Gasteiger charge is 2.22. The Hall–Kier alpha value is -2.68. The molecule has 0 fully saturated rings. The van der Waals surface area contributed by atoms with E-state index in [0.717, 1.165) is 0 Å². The summed E-state index contributed by atoms with van der Waals surface area (Å²) < 4.78 is 0. The van der Waals surface area contributed by atoms with Crippen molar-refractivity contribution in [2.24, 2.45) is 0 Å². The van der Waals surface area contributed by atoms with Crippen LogP contribution in [-0.2, 0) is 0 Å². The topological polar surface area (TPSA) is 0 Å². The van der Waals surface area contributed by atoms with Gasteiger partial charge in [0.2, 0.25) is 0 Å². The predicted molar refractivity (Wildman–Crippen MR) is 124 cm³/mol. The molecular formula is C26H16S2. The first kappa shape index (κ1) is 16.3. The van der Waals surface area contributed by atoms with Crippen molar-refractivity contribution in [1.82, 2.24) is 0 Å². The van der Waals surface area contributed by atoms with Crippen LogP contribution in [0.15, 0.2) is 94.7 Å². The molecule has 0 unspecified atom stereocenters. The molecule has 2 heteroatoms. The lowest BCUT2D eigenvalue weighted by atomic mass is 9.97. The molecule has 2 heterocycles. The average molecular weight is 393 g/mol. The molecule has 0 aromatic heterocycles. The van der Waals surface area contributed by atoms with Crippen molar-refractivity contribution in [2.75, 3.05) is 0 Å². The molecule has 0 bridgehead atoms. The normalized spacial score (nSPS) is 14.6. The number of hydrogen-bond donors (Lipinski definition) is 0. The summed E-state index contributed by atoms with van der Waals surface area (Å²) in [6.07, 6.45) is 4.69. The van der Waals surface area contributed by atoms with Crippen LogP contribution in [0.2, 0.25) is 0 Å². The zero-order valence-corrected chi connectivity index (χ0v) is 16.7. The Bertz CT molecular complexity index is 1180. The second kappa shape index (κ2) is 6.44. The van der Waals surface area contributed by atoms with Crippen molar-refractivity contribution in [3.8, 4) is 0 Å². The fourth-order valence-electron chi connectivity index (χ4n) is 3.96. The first-order valence-electron chi connectivity index (χ1n) is 9.36. The summed E-state index contributed by atoms with van der Waals surface area (Å²) in [7, 11) is 0. The molecule has 2 aliphatic heterocycles. The van der Waals surface area contributed by atoms with E-state index in [-0.39, 0.29) is 0 Å². The maximum absolute atomic E-state index is 2.34. The van der Waals surface area contributed by atoms with Crippen LogP contribution in [0.3, 0.4) is 0 Å². The zero-order valence-electron chi connectivity index (χ0n) is 15.1. The fraction of sp³-hybridized carbons (Fsp3) is 0. The number of thioether (sulfide) groups is 2. The number of rotatable bonds is 2. The van der Waals surface area contributed by atoms with Crippen LogP contribution < -0.4 is 0 Å².